The summed E-state index contributed by atoms with van der Waals surface area (Å²) in [6, 6.07) is 18.3. The zero-order valence-electron chi connectivity index (χ0n) is 10.7. The Morgan fingerprint density at radius 3 is 2.56 bits per heavy atom. The van der Waals surface area contributed by atoms with Crippen LogP contribution in [0.3, 0.4) is 0 Å². The average Bonchev–Trinajstić information content (AvgIpc) is 2.38. The van der Waals surface area contributed by atoms with Crippen LogP contribution in [0.2, 0.25) is 0 Å². The fourth-order valence-electron chi connectivity index (χ4n) is 1.88. The summed E-state index contributed by atoms with van der Waals surface area (Å²) < 4.78 is 5.70. The first-order valence-electron chi connectivity index (χ1n) is 6.23. The molecule has 0 saturated carbocycles. The summed E-state index contributed by atoms with van der Waals surface area (Å²) in [5.74, 6) is 0.888. The molecule has 0 aliphatic rings. The van der Waals surface area contributed by atoms with Gasteiger partial charge in [0.15, 0.2) is 0 Å². The molecule has 2 rings (SSSR count). The lowest BCUT2D eigenvalue weighted by molar-refractivity contribution is 0.287. The highest BCUT2D eigenvalue weighted by Gasteiger charge is 2.05. The molecule has 0 fully saturated rings. The summed E-state index contributed by atoms with van der Waals surface area (Å²) in [6.45, 7) is 2.59. The van der Waals surface area contributed by atoms with Crippen molar-refractivity contribution in [3.8, 4) is 5.75 Å². The largest absolute Gasteiger partial charge is 0.492 e. The highest BCUT2D eigenvalue weighted by Crippen LogP contribution is 2.12. The molecule has 94 valence electrons. The molecule has 0 spiro atoms. The van der Waals surface area contributed by atoms with Gasteiger partial charge in [0.25, 0.3) is 0 Å². The standard InChI is InChI=1S/C16H19NO/c1-13-6-5-9-16(10-13)18-12-15(17)11-14-7-3-2-4-8-14/h2-10,15H,11-12,17H2,1H3. The predicted octanol–water partition coefficient (Wildman–Crippen LogP) is 2.94. The number of nitrogens with two attached hydrogens (primary N) is 1. The molecule has 1 atom stereocenters. The molecule has 0 aliphatic carbocycles. The van der Waals surface area contributed by atoms with Crippen molar-refractivity contribution in [1.82, 2.24) is 0 Å². The lowest BCUT2D eigenvalue weighted by atomic mass is 10.1. The maximum absolute atomic E-state index is 6.07. The molecule has 2 heteroatoms. The number of benzene rings is 2. The molecule has 18 heavy (non-hydrogen) atoms. The van der Waals surface area contributed by atoms with Crippen LogP contribution in [0.1, 0.15) is 11.1 Å². The number of hydrogen-bond acceptors (Lipinski definition) is 2. The van der Waals surface area contributed by atoms with Gasteiger partial charge in [-0.25, -0.2) is 0 Å². The van der Waals surface area contributed by atoms with E-state index >= 15 is 0 Å². The van der Waals surface area contributed by atoms with Gasteiger partial charge in [-0.15, -0.1) is 0 Å². The molecular weight excluding hydrogens is 222 g/mol. The maximum Gasteiger partial charge on any atom is 0.119 e. The van der Waals surface area contributed by atoms with Gasteiger partial charge in [-0.05, 0) is 36.6 Å². The first-order valence-corrected chi connectivity index (χ1v) is 6.23. The second-order valence-electron chi connectivity index (χ2n) is 4.58. The van der Waals surface area contributed by atoms with Gasteiger partial charge in [-0.3, -0.25) is 0 Å². The molecule has 1 unspecified atom stereocenters. The summed E-state index contributed by atoms with van der Waals surface area (Å²) in [5, 5.41) is 0. The Balaban J connectivity index is 1.83. The molecule has 0 amide bonds. The predicted molar refractivity (Wildman–Crippen MR) is 74.8 cm³/mol. The van der Waals surface area contributed by atoms with E-state index in [-0.39, 0.29) is 6.04 Å². The quantitative estimate of drug-likeness (QED) is 0.873. The Kier molecular flexibility index (Phi) is 4.37. The van der Waals surface area contributed by atoms with Crippen LogP contribution in [0.15, 0.2) is 54.6 Å². The highest BCUT2D eigenvalue weighted by atomic mass is 16.5. The third-order valence-corrected chi connectivity index (χ3v) is 2.79. The third-order valence-electron chi connectivity index (χ3n) is 2.79. The van der Waals surface area contributed by atoms with Gasteiger partial charge in [0, 0.05) is 6.04 Å². The van der Waals surface area contributed by atoms with Crippen LogP contribution < -0.4 is 10.5 Å². The van der Waals surface area contributed by atoms with Crippen molar-refractivity contribution in [2.24, 2.45) is 5.73 Å². The van der Waals surface area contributed by atoms with Crippen molar-refractivity contribution in [3.05, 3.63) is 65.7 Å². The van der Waals surface area contributed by atoms with Gasteiger partial charge >= 0.3 is 0 Å². The second-order valence-corrected chi connectivity index (χ2v) is 4.58. The van der Waals surface area contributed by atoms with Crippen LogP contribution in [0, 0.1) is 6.92 Å². The first kappa shape index (κ1) is 12.7. The topological polar surface area (TPSA) is 35.2 Å². The average molecular weight is 241 g/mol. The van der Waals surface area contributed by atoms with E-state index in [0.29, 0.717) is 6.61 Å². The fourth-order valence-corrected chi connectivity index (χ4v) is 1.88. The van der Waals surface area contributed by atoms with Crippen molar-refractivity contribution < 1.29 is 4.74 Å². The van der Waals surface area contributed by atoms with E-state index in [1.54, 1.807) is 0 Å². The van der Waals surface area contributed by atoms with Crippen molar-refractivity contribution in [3.63, 3.8) is 0 Å². The molecule has 0 aromatic heterocycles. The van der Waals surface area contributed by atoms with Crippen molar-refractivity contribution in [2.45, 2.75) is 19.4 Å². The Morgan fingerprint density at radius 1 is 1.06 bits per heavy atom. The lowest BCUT2D eigenvalue weighted by Gasteiger charge is -2.13. The Bertz CT molecular complexity index is 481. The number of hydrogen-bond donors (Lipinski definition) is 1. The molecule has 2 nitrogen and oxygen atoms in total. The summed E-state index contributed by atoms with van der Waals surface area (Å²) in [5.41, 5.74) is 8.51. The normalized spacial score (nSPS) is 12.1. The zero-order chi connectivity index (χ0) is 12.8. The molecule has 0 heterocycles. The molecule has 2 aromatic carbocycles. The van der Waals surface area contributed by atoms with Crippen LogP contribution in [-0.4, -0.2) is 12.6 Å². The van der Waals surface area contributed by atoms with Crippen LogP contribution in [0.4, 0.5) is 0 Å². The van der Waals surface area contributed by atoms with E-state index < -0.39 is 0 Å². The zero-order valence-corrected chi connectivity index (χ0v) is 10.7. The molecule has 0 radical (unpaired) electrons. The molecule has 2 aromatic rings. The van der Waals surface area contributed by atoms with E-state index in [1.165, 1.54) is 11.1 Å². The Morgan fingerprint density at radius 2 is 1.83 bits per heavy atom. The van der Waals surface area contributed by atoms with Crippen molar-refractivity contribution in [2.75, 3.05) is 6.61 Å². The van der Waals surface area contributed by atoms with Gasteiger partial charge in [0.2, 0.25) is 0 Å². The van der Waals surface area contributed by atoms with Crippen molar-refractivity contribution in [1.29, 1.82) is 0 Å². The smallest absolute Gasteiger partial charge is 0.119 e. The minimum Gasteiger partial charge on any atom is -0.492 e. The SMILES string of the molecule is Cc1cccc(OCC(N)Cc2ccccc2)c1. The monoisotopic (exact) mass is 241 g/mol. The van der Waals surface area contributed by atoms with E-state index in [1.807, 2.05) is 36.4 Å². The van der Waals surface area contributed by atoms with Crippen LogP contribution in [-0.2, 0) is 6.42 Å². The minimum absolute atomic E-state index is 0.0212. The van der Waals surface area contributed by atoms with Crippen LogP contribution in [0.25, 0.3) is 0 Å². The van der Waals surface area contributed by atoms with Gasteiger partial charge in [0.1, 0.15) is 12.4 Å². The summed E-state index contributed by atoms with van der Waals surface area (Å²) in [6.07, 6.45) is 0.840. The molecule has 0 bridgehead atoms. The van der Waals surface area contributed by atoms with Gasteiger partial charge in [-0.2, -0.15) is 0 Å². The molecule has 2 N–H and O–H groups in total. The first-order chi connectivity index (χ1) is 8.74. The van der Waals surface area contributed by atoms with Crippen molar-refractivity contribution >= 4 is 0 Å². The van der Waals surface area contributed by atoms with Crippen LogP contribution in [0.5, 0.6) is 5.75 Å². The highest BCUT2D eigenvalue weighted by molar-refractivity contribution is 5.27. The summed E-state index contributed by atoms with van der Waals surface area (Å²) in [4.78, 5) is 0. The summed E-state index contributed by atoms with van der Waals surface area (Å²) >= 11 is 0. The number of aryl methyl sites for hydroxylation is 1. The second kappa shape index (κ2) is 6.22. The number of rotatable bonds is 5. The van der Waals surface area contributed by atoms with Gasteiger partial charge < -0.3 is 10.5 Å². The Labute approximate surface area is 108 Å². The molecule has 0 aliphatic heterocycles. The van der Waals surface area contributed by atoms with Crippen LogP contribution >= 0.6 is 0 Å². The third kappa shape index (κ3) is 3.90. The minimum atomic E-state index is 0.0212. The lowest BCUT2D eigenvalue weighted by Crippen LogP contribution is -2.30. The van der Waals surface area contributed by atoms with E-state index in [0.717, 1.165) is 12.2 Å². The number of ether oxygens (including phenoxy) is 1. The molecular formula is C16H19NO. The maximum atomic E-state index is 6.07. The van der Waals surface area contributed by atoms with E-state index in [9.17, 15) is 0 Å². The van der Waals surface area contributed by atoms with E-state index in [2.05, 4.69) is 25.1 Å². The fraction of sp³-hybridized carbons (Fsp3) is 0.250. The summed E-state index contributed by atoms with van der Waals surface area (Å²) in [7, 11) is 0. The molecule has 0 saturated heterocycles. The van der Waals surface area contributed by atoms with E-state index in [4.69, 9.17) is 10.5 Å². The van der Waals surface area contributed by atoms with Gasteiger partial charge in [0.05, 0.1) is 0 Å². The van der Waals surface area contributed by atoms with Gasteiger partial charge in [-0.1, -0.05) is 42.5 Å². The Hall–Kier alpha value is -1.80.